The van der Waals surface area contributed by atoms with Crippen molar-refractivity contribution in [3.8, 4) is 5.69 Å². The van der Waals surface area contributed by atoms with E-state index >= 15 is 0 Å². The molecule has 0 unspecified atom stereocenters. The zero-order valence-corrected chi connectivity index (χ0v) is 15.9. The summed E-state index contributed by atoms with van der Waals surface area (Å²) in [6.07, 6.45) is 0. The van der Waals surface area contributed by atoms with Crippen LogP contribution >= 0.6 is 0 Å². The first-order chi connectivity index (χ1) is 13.6. The molecule has 28 heavy (non-hydrogen) atoms. The lowest BCUT2D eigenvalue weighted by molar-refractivity contribution is 0.251. The van der Waals surface area contributed by atoms with Crippen molar-refractivity contribution in [1.29, 1.82) is 0 Å². The highest BCUT2D eigenvalue weighted by atomic mass is 16.2. The molecule has 140 valence electrons. The number of rotatable bonds is 4. The molecule has 5 nitrogen and oxygen atoms in total. The predicted molar refractivity (Wildman–Crippen MR) is 113 cm³/mol. The highest BCUT2D eigenvalue weighted by molar-refractivity contribution is 5.93. The average Bonchev–Trinajstić information content (AvgIpc) is 3.00. The van der Waals surface area contributed by atoms with Gasteiger partial charge in [-0.2, -0.15) is 5.10 Å². The Labute approximate surface area is 164 Å². The third-order valence-corrected chi connectivity index (χ3v) is 4.87. The molecule has 1 heterocycles. The second-order valence-corrected chi connectivity index (χ2v) is 6.77. The van der Waals surface area contributed by atoms with E-state index in [0.29, 0.717) is 6.54 Å². The van der Waals surface area contributed by atoms with Gasteiger partial charge in [-0.05, 0) is 48.9 Å². The van der Waals surface area contributed by atoms with Crippen LogP contribution in [0.25, 0.3) is 16.5 Å². The highest BCUT2D eigenvalue weighted by Crippen LogP contribution is 2.20. The van der Waals surface area contributed by atoms with Crippen LogP contribution in [0.15, 0.2) is 72.8 Å². The highest BCUT2D eigenvalue weighted by Gasteiger charge is 2.13. The summed E-state index contributed by atoms with van der Waals surface area (Å²) in [6, 6.07) is 23.7. The maximum Gasteiger partial charge on any atom is 0.319 e. The second-order valence-electron chi connectivity index (χ2n) is 6.77. The predicted octanol–water partition coefficient (Wildman–Crippen LogP) is 4.96. The number of amides is 2. The van der Waals surface area contributed by atoms with Crippen molar-refractivity contribution in [1.82, 2.24) is 15.1 Å². The van der Waals surface area contributed by atoms with Gasteiger partial charge in [0.25, 0.3) is 0 Å². The van der Waals surface area contributed by atoms with Crippen molar-refractivity contribution in [3.63, 3.8) is 0 Å². The zero-order valence-electron chi connectivity index (χ0n) is 15.9. The minimum Gasteiger partial charge on any atom is -0.334 e. The molecule has 2 amide bonds. The van der Waals surface area contributed by atoms with Crippen LogP contribution in [-0.4, -0.2) is 15.8 Å². The van der Waals surface area contributed by atoms with Gasteiger partial charge in [-0.15, -0.1) is 0 Å². The monoisotopic (exact) mass is 370 g/mol. The molecule has 0 saturated heterocycles. The molecule has 4 rings (SSSR count). The van der Waals surface area contributed by atoms with Gasteiger partial charge < -0.3 is 10.6 Å². The van der Waals surface area contributed by atoms with Crippen LogP contribution in [0, 0.1) is 13.8 Å². The van der Waals surface area contributed by atoms with Gasteiger partial charge in [-0.25, -0.2) is 9.48 Å². The van der Waals surface area contributed by atoms with Gasteiger partial charge in [0, 0.05) is 23.5 Å². The first-order valence-electron chi connectivity index (χ1n) is 9.26. The molecule has 0 spiro atoms. The summed E-state index contributed by atoms with van der Waals surface area (Å²) >= 11 is 0. The Morgan fingerprint density at radius 2 is 1.64 bits per heavy atom. The fraction of sp³-hybridized carbons (Fsp3) is 0.130. The summed E-state index contributed by atoms with van der Waals surface area (Å²) in [4.78, 5) is 12.4. The Morgan fingerprint density at radius 3 is 2.43 bits per heavy atom. The van der Waals surface area contributed by atoms with Crippen LogP contribution in [0.2, 0.25) is 0 Å². The standard InChI is InChI=1S/C23H22N4O/c1-16-22(17(2)27(26-16)21-10-4-3-5-11-21)15-24-23(28)25-20-13-12-18-8-6-7-9-19(18)14-20/h3-14H,15H2,1-2H3,(H2,24,25,28). The van der Waals surface area contributed by atoms with E-state index in [0.717, 1.165) is 39.1 Å². The van der Waals surface area contributed by atoms with Gasteiger partial charge in [0.2, 0.25) is 0 Å². The van der Waals surface area contributed by atoms with Crippen molar-refractivity contribution >= 4 is 22.5 Å². The number of para-hydroxylation sites is 1. The first kappa shape index (κ1) is 17.8. The number of benzene rings is 3. The molecule has 0 aliphatic rings. The molecule has 1 aromatic heterocycles. The van der Waals surface area contributed by atoms with Crippen LogP contribution < -0.4 is 10.6 Å². The van der Waals surface area contributed by atoms with Gasteiger partial charge in [0.15, 0.2) is 0 Å². The number of carbonyl (C=O) groups excluding carboxylic acids is 1. The van der Waals surface area contributed by atoms with Crippen LogP contribution in [0.4, 0.5) is 10.5 Å². The summed E-state index contributed by atoms with van der Waals surface area (Å²) in [7, 11) is 0. The summed E-state index contributed by atoms with van der Waals surface area (Å²) in [6.45, 7) is 4.40. The van der Waals surface area contributed by atoms with Gasteiger partial charge in [-0.3, -0.25) is 0 Å². The molecule has 4 aromatic rings. The number of nitrogens with zero attached hydrogens (tertiary/aromatic N) is 2. The summed E-state index contributed by atoms with van der Waals surface area (Å²) in [5, 5.41) is 12.7. The second kappa shape index (κ2) is 7.56. The van der Waals surface area contributed by atoms with Crippen molar-refractivity contribution in [2.45, 2.75) is 20.4 Å². The molecule has 2 N–H and O–H groups in total. The molecular weight excluding hydrogens is 348 g/mol. The number of aromatic nitrogens is 2. The molecule has 0 atom stereocenters. The SMILES string of the molecule is Cc1nn(-c2ccccc2)c(C)c1CNC(=O)Nc1ccc2ccccc2c1. The third-order valence-electron chi connectivity index (χ3n) is 4.87. The average molecular weight is 370 g/mol. The van der Waals surface area contributed by atoms with Crippen molar-refractivity contribution < 1.29 is 4.79 Å². The Bertz CT molecular complexity index is 1130. The lowest BCUT2D eigenvalue weighted by atomic mass is 10.1. The third kappa shape index (κ3) is 3.60. The number of hydrogen-bond donors (Lipinski definition) is 2. The van der Waals surface area contributed by atoms with E-state index in [1.807, 2.05) is 85.3 Å². The van der Waals surface area contributed by atoms with Crippen LogP contribution in [0.3, 0.4) is 0 Å². The Hall–Kier alpha value is -3.60. The number of anilines is 1. The molecule has 0 fully saturated rings. The Kier molecular flexibility index (Phi) is 4.81. The Balaban J connectivity index is 1.45. The number of aryl methyl sites for hydroxylation is 1. The molecule has 3 aromatic carbocycles. The van der Waals surface area contributed by atoms with Crippen molar-refractivity contribution in [3.05, 3.63) is 89.7 Å². The van der Waals surface area contributed by atoms with Crippen LogP contribution in [0.5, 0.6) is 0 Å². The summed E-state index contributed by atoms with van der Waals surface area (Å²) in [5.41, 5.74) is 4.74. The van der Waals surface area contributed by atoms with Crippen LogP contribution in [0.1, 0.15) is 17.0 Å². The number of carbonyl (C=O) groups is 1. The molecule has 0 aliphatic carbocycles. The lowest BCUT2D eigenvalue weighted by Gasteiger charge is -2.09. The fourth-order valence-corrected chi connectivity index (χ4v) is 3.36. The fourth-order valence-electron chi connectivity index (χ4n) is 3.36. The summed E-state index contributed by atoms with van der Waals surface area (Å²) in [5.74, 6) is 0. The van der Waals surface area contributed by atoms with E-state index in [1.165, 1.54) is 0 Å². The lowest BCUT2D eigenvalue weighted by Crippen LogP contribution is -2.28. The van der Waals surface area contributed by atoms with Crippen LogP contribution in [-0.2, 0) is 6.54 Å². The van der Waals surface area contributed by atoms with Crippen molar-refractivity contribution in [2.75, 3.05) is 5.32 Å². The molecule has 0 bridgehead atoms. The molecule has 0 aliphatic heterocycles. The first-order valence-corrected chi connectivity index (χ1v) is 9.26. The van der Waals surface area contributed by atoms with E-state index in [4.69, 9.17) is 0 Å². The Morgan fingerprint density at radius 1 is 0.929 bits per heavy atom. The number of urea groups is 1. The van der Waals surface area contributed by atoms with Gasteiger partial charge >= 0.3 is 6.03 Å². The van der Waals surface area contributed by atoms with Gasteiger partial charge in [0.05, 0.1) is 11.4 Å². The number of hydrogen-bond acceptors (Lipinski definition) is 2. The molecule has 5 heteroatoms. The van der Waals surface area contributed by atoms with Crippen molar-refractivity contribution in [2.24, 2.45) is 0 Å². The quantitative estimate of drug-likeness (QED) is 0.533. The van der Waals surface area contributed by atoms with Gasteiger partial charge in [0.1, 0.15) is 0 Å². The minimum atomic E-state index is -0.235. The maximum atomic E-state index is 12.4. The van der Waals surface area contributed by atoms with E-state index in [1.54, 1.807) is 0 Å². The smallest absolute Gasteiger partial charge is 0.319 e. The molecule has 0 radical (unpaired) electrons. The number of fused-ring (bicyclic) bond motifs is 1. The van der Waals surface area contributed by atoms with Gasteiger partial charge in [-0.1, -0.05) is 48.5 Å². The van der Waals surface area contributed by atoms with E-state index < -0.39 is 0 Å². The summed E-state index contributed by atoms with van der Waals surface area (Å²) < 4.78 is 1.91. The molecule has 0 saturated carbocycles. The topological polar surface area (TPSA) is 59.0 Å². The normalized spacial score (nSPS) is 10.8. The minimum absolute atomic E-state index is 0.235. The molecular formula is C23H22N4O. The maximum absolute atomic E-state index is 12.4. The van der Waals surface area contributed by atoms with E-state index in [9.17, 15) is 4.79 Å². The largest absolute Gasteiger partial charge is 0.334 e. The van der Waals surface area contributed by atoms with E-state index in [2.05, 4.69) is 21.8 Å². The number of nitrogens with one attached hydrogen (secondary N) is 2. The van der Waals surface area contributed by atoms with E-state index in [-0.39, 0.29) is 6.03 Å². The zero-order chi connectivity index (χ0) is 19.5.